The molecule has 8 nitrogen and oxygen atoms in total. The number of aromatic nitrogens is 4. The third kappa shape index (κ3) is 25.9. The normalized spacial score (nSPS) is 11.9. The molecule has 9 rings (SSSR count). The van der Waals surface area contributed by atoms with Crippen molar-refractivity contribution in [1.82, 2.24) is 19.9 Å². The molecule has 8 bridgehead atoms. The van der Waals surface area contributed by atoms with Crippen molar-refractivity contribution in [2.75, 3.05) is 19.8 Å². The van der Waals surface area contributed by atoms with Crippen LogP contribution in [0.1, 0.15) is 313 Å². The molecular formula is C92H126N4O4. The SMILES string of the molecule is CCCCCCCCCCCCCCCCOc1ccc(-c2c3nc(c(-c4ccc(OCCCCCCCCCCCCCCCC)cc4)c4ccc([nH]4)c(-c4ccc(OCCCCCCCCCCCCCCCC)cc4)c4nc(c(-c5ccc(O)cc5)c5ccc2[nH]5)C=C4)C=C3)cc1. The molecule has 2 aliphatic rings. The molecule has 538 valence electrons. The molecule has 7 aromatic rings. The van der Waals surface area contributed by atoms with E-state index in [4.69, 9.17) is 24.2 Å². The van der Waals surface area contributed by atoms with E-state index in [1.54, 1.807) is 12.1 Å². The molecule has 0 amide bonds. The summed E-state index contributed by atoms with van der Waals surface area (Å²) >= 11 is 0. The highest BCUT2D eigenvalue weighted by molar-refractivity contribution is 6.00. The minimum absolute atomic E-state index is 0.211. The van der Waals surface area contributed by atoms with Crippen LogP contribution in [-0.2, 0) is 0 Å². The van der Waals surface area contributed by atoms with Gasteiger partial charge in [-0.1, -0.05) is 320 Å². The fourth-order valence-corrected chi connectivity index (χ4v) is 14.7. The van der Waals surface area contributed by atoms with Crippen molar-refractivity contribution in [2.45, 2.75) is 290 Å². The van der Waals surface area contributed by atoms with Crippen LogP contribution >= 0.6 is 0 Å². The summed E-state index contributed by atoms with van der Waals surface area (Å²) in [5.41, 5.74) is 15.0. The summed E-state index contributed by atoms with van der Waals surface area (Å²) < 4.78 is 19.3. The van der Waals surface area contributed by atoms with E-state index in [2.05, 4.69) is 152 Å². The third-order valence-corrected chi connectivity index (χ3v) is 20.6. The number of H-pyrrole nitrogens is 2. The highest BCUT2D eigenvalue weighted by atomic mass is 16.5. The first kappa shape index (κ1) is 76.9. The number of hydrogen-bond donors (Lipinski definition) is 3. The Kier molecular flexibility index (Phi) is 35.0. The highest BCUT2D eigenvalue weighted by Crippen LogP contribution is 2.40. The van der Waals surface area contributed by atoms with Crippen molar-refractivity contribution in [3.8, 4) is 67.5 Å². The third-order valence-electron chi connectivity index (χ3n) is 20.6. The lowest BCUT2D eigenvalue weighted by Gasteiger charge is -2.10. The van der Waals surface area contributed by atoms with Gasteiger partial charge in [-0.3, -0.25) is 0 Å². The van der Waals surface area contributed by atoms with Gasteiger partial charge >= 0.3 is 0 Å². The summed E-state index contributed by atoms with van der Waals surface area (Å²) in [5.74, 6) is 2.84. The van der Waals surface area contributed by atoms with E-state index in [-0.39, 0.29) is 5.75 Å². The summed E-state index contributed by atoms with van der Waals surface area (Å²) in [6.07, 6.45) is 64.7. The quantitative estimate of drug-likeness (QED) is 0.0328. The van der Waals surface area contributed by atoms with Crippen LogP contribution in [-0.4, -0.2) is 44.9 Å². The van der Waals surface area contributed by atoms with E-state index in [0.717, 1.165) is 126 Å². The van der Waals surface area contributed by atoms with E-state index < -0.39 is 0 Å². The molecule has 3 N–H and O–H groups in total. The van der Waals surface area contributed by atoms with Crippen molar-refractivity contribution in [3.05, 3.63) is 144 Å². The van der Waals surface area contributed by atoms with E-state index in [1.165, 1.54) is 250 Å². The van der Waals surface area contributed by atoms with Gasteiger partial charge in [0.25, 0.3) is 0 Å². The number of phenolic OH excluding ortho intramolecular Hbond substituents is 1. The number of aromatic amines is 2. The van der Waals surface area contributed by atoms with Crippen molar-refractivity contribution in [2.24, 2.45) is 0 Å². The monoisotopic (exact) mass is 1350 g/mol. The van der Waals surface area contributed by atoms with E-state index in [9.17, 15) is 5.11 Å². The predicted molar refractivity (Wildman–Crippen MR) is 430 cm³/mol. The van der Waals surface area contributed by atoms with E-state index in [1.807, 2.05) is 12.1 Å². The van der Waals surface area contributed by atoms with Crippen molar-refractivity contribution in [1.29, 1.82) is 0 Å². The number of benzene rings is 4. The summed E-state index contributed by atoms with van der Waals surface area (Å²) in [7, 11) is 0. The maximum Gasteiger partial charge on any atom is 0.119 e. The van der Waals surface area contributed by atoms with Gasteiger partial charge in [-0.2, -0.15) is 0 Å². The molecule has 4 aromatic carbocycles. The number of ether oxygens (including phenoxy) is 3. The number of rotatable bonds is 52. The van der Waals surface area contributed by atoms with Crippen LogP contribution in [0.5, 0.6) is 23.0 Å². The van der Waals surface area contributed by atoms with Gasteiger partial charge < -0.3 is 29.3 Å². The molecule has 0 atom stereocenters. The largest absolute Gasteiger partial charge is 0.508 e. The fourth-order valence-electron chi connectivity index (χ4n) is 14.7. The number of nitrogens with zero attached hydrogens (tertiary/aromatic N) is 2. The number of nitrogens with one attached hydrogen (secondary N) is 2. The highest BCUT2D eigenvalue weighted by Gasteiger charge is 2.20. The second-order valence-electron chi connectivity index (χ2n) is 29.0. The molecule has 3 aromatic heterocycles. The van der Waals surface area contributed by atoms with Crippen LogP contribution in [0.3, 0.4) is 0 Å². The van der Waals surface area contributed by atoms with Crippen LogP contribution in [0.4, 0.5) is 0 Å². The molecule has 0 unspecified atom stereocenters. The predicted octanol–water partition coefficient (Wildman–Crippen LogP) is 28.6. The molecule has 8 heteroatoms. The zero-order valence-electron chi connectivity index (χ0n) is 62.2. The second kappa shape index (κ2) is 45.5. The lowest BCUT2D eigenvalue weighted by Crippen LogP contribution is -1.97. The summed E-state index contributed by atoms with van der Waals surface area (Å²) in [6, 6.07) is 41.9. The van der Waals surface area contributed by atoms with Gasteiger partial charge in [0.15, 0.2) is 0 Å². The smallest absolute Gasteiger partial charge is 0.119 e. The van der Waals surface area contributed by atoms with Crippen LogP contribution < -0.4 is 14.2 Å². The van der Waals surface area contributed by atoms with Crippen LogP contribution in [0.15, 0.2) is 121 Å². The fraction of sp³-hybridized carbons (Fsp3) is 0.522. The Bertz CT molecular complexity index is 3560. The number of phenols is 1. The first-order valence-electron chi connectivity index (χ1n) is 40.6. The van der Waals surface area contributed by atoms with Crippen molar-refractivity contribution in [3.63, 3.8) is 0 Å². The molecular weight excluding hydrogens is 1230 g/mol. The molecule has 0 radical (unpaired) electrons. The summed E-state index contributed by atoms with van der Waals surface area (Å²) in [6.45, 7) is 9.02. The Hall–Kier alpha value is -7.32. The van der Waals surface area contributed by atoms with Gasteiger partial charge in [-0.05, 0) is 139 Å². The maximum absolute atomic E-state index is 10.6. The van der Waals surface area contributed by atoms with E-state index in [0.29, 0.717) is 19.8 Å². The summed E-state index contributed by atoms with van der Waals surface area (Å²) in [4.78, 5) is 19.0. The van der Waals surface area contributed by atoms with Gasteiger partial charge in [0.05, 0.1) is 42.6 Å². The molecule has 5 heterocycles. The number of fused-ring (bicyclic) bond motifs is 8. The zero-order valence-corrected chi connectivity index (χ0v) is 62.2. The number of aromatic hydroxyl groups is 1. The number of hydrogen-bond acceptors (Lipinski definition) is 6. The Morgan fingerprint density at radius 1 is 0.240 bits per heavy atom. The molecule has 0 saturated carbocycles. The van der Waals surface area contributed by atoms with Gasteiger partial charge in [0, 0.05) is 44.3 Å². The van der Waals surface area contributed by atoms with Gasteiger partial charge in [0.1, 0.15) is 23.0 Å². The molecule has 0 saturated heterocycles. The zero-order chi connectivity index (χ0) is 69.3. The van der Waals surface area contributed by atoms with Crippen molar-refractivity contribution >= 4 is 46.4 Å². The second-order valence-corrected chi connectivity index (χ2v) is 29.0. The molecule has 2 aliphatic heterocycles. The van der Waals surface area contributed by atoms with Gasteiger partial charge in [-0.25, -0.2) is 9.97 Å². The lowest BCUT2D eigenvalue weighted by atomic mass is 10.0. The maximum atomic E-state index is 10.6. The Labute approximate surface area is 604 Å². The molecule has 0 fully saturated rings. The summed E-state index contributed by atoms with van der Waals surface area (Å²) in [5, 5.41) is 10.6. The van der Waals surface area contributed by atoms with E-state index >= 15 is 0 Å². The van der Waals surface area contributed by atoms with Gasteiger partial charge in [-0.15, -0.1) is 0 Å². The number of unbranched alkanes of at least 4 members (excludes halogenated alkanes) is 39. The lowest BCUT2D eigenvalue weighted by molar-refractivity contribution is 0.304. The van der Waals surface area contributed by atoms with Crippen molar-refractivity contribution < 1.29 is 19.3 Å². The van der Waals surface area contributed by atoms with Crippen LogP contribution in [0.25, 0.3) is 90.9 Å². The minimum Gasteiger partial charge on any atom is -0.508 e. The molecule has 100 heavy (non-hydrogen) atoms. The first-order valence-corrected chi connectivity index (χ1v) is 40.6. The van der Waals surface area contributed by atoms with Crippen LogP contribution in [0, 0.1) is 0 Å². The first-order chi connectivity index (χ1) is 49.5. The Balaban J connectivity index is 0.951. The van der Waals surface area contributed by atoms with Gasteiger partial charge in [0.2, 0.25) is 0 Å². The average Bonchev–Trinajstić information content (AvgIpc) is 1.62. The Morgan fingerprint density at radius 3 is 0.640 bits per heavy atom. The standard InChI is InChI=1S/C92H126N4O4/c1-4-7-10-13-16-19-22-25-28-31-34-37-40-43-70-98-78-56-48-74(49-57-78)90-83-64-62-81(93-83)89(73-46-54-77(97)55-47-73)82-63-65-84(94-82)91(75-50-58-79(59-51-75)99-71-44-41-38-35-32-29-26-23-20-17-14-11-8-5-2)86-67-69-88(96-86)92(87-68-66-85(90)95-87)76-52-60-80(61-53-76)100-72-45-42-39-36-33-30-27-24-21-18-15-12-9-6-3/h46-69,93,96-97H,4-45,70-72H2,1-3H3. The minimum atomic E-state index is 0.211. The Morgan fingerprint density at radius 2 is 0.430 bits per heavy atom. The average molecular weight is 1350 g/mol. The topological polar surface area (TPSA) is 105 Å². The molecule has 0 spiro atoms. The van der Waals surface area contributed by atoms with Crippen LogP contribution in [0.2, 0.25) is 0 Å². The molecule has 0 aliphatic carbocycles.